The van der Waals surface area contributed by atoms with Crippen LogP contribution in [0, 0.1) is 5.41 Å². The van der Waals surface area contributed by atoms with Crippen LogP contribution in [0.25, 0.3) is 0 Å². The molecule has 1 fully saturated rings. The molecule has 4 nitrogen and oxygen atoms in total. The Morgan fingerprint density at radius 2 is 2.17 bits per heavy atom. The number of ether oxygens (including phenoxy) is 1. The Hall–Kier alpha value is -0.610. The summed E-state index contributed by atoms with van der Waals surface area (Å²) in [6, 6.07) is -0.100. The van der Waals surface area contributed by atoms with E-state index in [9.17, 15) is 4.79 Å². The summed E-state index contributed by atoms with van der Waals surface area (Å²) in [4.78, 5) is 11.8. The molecule has 1 amide bonds. The molecule has 0 saturated heterocycles. The van der Waals surface area contributed by atoms with E-state index in [0.717, 1.165) is 13.0 Å². The number of nitrogens with one attached hydrogen (secondary N) is 2. The van der Waals surface area contributed by atoms with Gasteiger partial charge in [-0.1, -0.05) is 13.3 Å². The Morgan fingerprint density at radius 1 is 1.44 bits per heavy atom. The first-order valence-corrected chi connectivity index (χ1v) is 7.13. The largest absolute Gasteiger partial charge is 0.385 e. The van der Waals surface area contributed by atoms with Crippen LogP contribution in [0.15, 0.2) is 0 Å². The Kier molecular flexibility index (Phi) is 6.65. The fourth-order valence-corrected chi connectivity index (χ4v) is 2.38. The van der Waals surface area contributed by atoms with Crippen LogP contribution in [0.1, 0.15) is 46.0 Å². The summed E-state index contributed by atoms with van der Waals surface area (Å²) in [5.41, 5.74) is 0.463. The fraction of sp³-hybridized carbons (Fsp3) is 0.929. The Labute approximate surface area is 111 Å². The van der Waals surface area contributed by atoms with E-state index in [1.54, 1.807) is 7.11 Å². The molecule has 0 aromatic carbocycles. The van der Waals surface area contributed by atoms with Gasteiger partial charge in [-0.15, -0.1) is 0 Å². The van der Waals surface area contributed by atoms with Gasteiger partial charge in [0.2, 0.25) is 5.91 Å². The summed E-state index contributed by atoms with van der Waals surface area (Å²) in [5.74, 6) is 0.0941. The molecule has 1 aliphatic rings. The van der Waals surface area contributed by atoms with Crippen molar-refractivity contribution in [3.8, 4) is 0 Å². The molecule has 0 spiro atoms. The molecule has 2 N–H and O–H groups in total. The predicted octanol–water partition coefficient (Wildman–Crippen LogP) is 1.70. The van der Waals surface area contributed by atoms with Gasteiger partial charge in [-0.2, -0.15) is 0 Å². The van der Waals surface area contributed by atoms with Crippen LogP contribution < -0.4 is 10.6 Å². The van der Waals surface area contributed by atoms with Crippen molar-refractivity contribution in [2.45, 2.75) is 52.0 Å². The van der Waals surface area contributed by atoms with E-state index in [-0.39, 0.29) is 11.9 Å². The molecular weight excluding hydrogens is 228 g/mol. The van der Waals surface area contributed by atoms with Gasteiger partial charge < -0.3 is 15.4 Å². The summed E-state index contributed by atoms with van der Waals surface area (Å²) in [7, 11) is 1.68. The summed E-state index contributed by atoms with van der Waals surface area (Å²) >= 11 is 0. The van der Waals surface area contributed by atoms with Gasteiger partial charge in [-0.3, -0.25) is 4.79 Å². The normalized spacial score (nSPS) is 19.1. The van der Waals surface area contributed by atoms with Crippen molar-refractivity contribution in [2.24, 2.45) is 5.41 Å². The highest BCUT2D eigenvalue weighted by Crippen LogP contribution is 2.43. The summed E-state index contributed by atoms with van der Waals surface area (Å²) in [5, 5.41) is 6.30. The molecule has 1 atom stereocenters. The molecule has 4 heteroatoms. The maximum atomic E-state index is 11.8. The number of methoxy groups -OCH3 is 1. The zero-order chi connectivity index (χ0) is 13.4. The van der Waals surface area contributed by atoms with Crippen LogP contribution >= 0.6 is 0 Å². The minimum absolute atomic E-state index is 0.0941. The van der Waals surface area contributed by atoms with Gasteiger partial charge >= 0.3 is 0 Å². The second-order valence-corrected chi connectivity index (χ2v) is 5.45. The monoisotopic (exact) mass is 256 g/mol. The SMILES string of the molecule is CCC1(CNC(C)C(=O)NCCCOC)CCC1. The first-order valence-electron chi connectivity index (χ1n) is 7.13. The molecule has 1 aliphatic carbocycles. The number of carbonyl (C=O) groups excluding carboxylic acids is 1. The van der Waals surface area contributed by atoms with Crippen molar-refractivity contribution in [3.05, 3.63) is 0 Å². The van der Waals surface area contributed by atoms with Crippen LogP contribution in [0.5, 0.6) is 0 Å². The summed E-state index contributed by atoms with van der Waals surface area (Å²) < 4.78 is 4.95. The lowest BCUT2D eigenvalue weighted by atomic mass is 9.67. The Morgan fingerprint density at radius 3 is 2.67 bits per heavy atom. The molecule has 1 saturated carbocycles. The zero-order valence-corrected chi connectivity index (χ0v) is 12.1. The van der Waals surface area contributed by atoms with Gasteiger partial charge in [0.25, 0.3) is 0 Å². The third kappa shape index (κ3) is 4.58. The lowest BCUT2D eigenvalue weighted by molar-refractivity contribution is -0.123. The number of rotatable bonds is 9. The zero-order valence-electron chi connectivity index (χ0n) is 12.1. The molecule has 18 heavy (non-hydrogen) atoms. The van der Waals surface area contributed by atoms with Crippen molar-refractivity contribution in [1.29, 1.82) is 0 Å². The molecule has 0 heterocycles. The Balaban J connectivity index is 2.15. The van der Waals surface area contributed by atoms with Gasteiger partial charge in [0.15, 0.2) is 0 Å². The number of hydrogen-bond acceptors (Lipinski definition) is 3. The lowest BCUT2D eigenvalue weighted by Gasteiger charge is -2.42. The van der Waals surface area contributed by atoms with E-state index in [0.29, 0.717) is 18.6 Å². The second-order valence-electron chi connectivity index (χ2n) is 5.45. The van der Waals surface area contributed by atoms with Crippen LogP contribution in [0.4, 0.5) is 0 Å². The van der Waals surface area contributed by atoms with E-state index in [4.69, 9.17) is 4.74 Å². The quantitative estimate of drug-likeness (QED) is 0.617. The first-order chi connectivity index (χ1) is 8.63. The van der Waals surface area contributed by atoms with Gasteiger partial charge in [0.05, 0.1) is 6.04 Å². The molecule has 1 rings (SSSR count). The van der Waals surface area contributed by atoms with Crippen LogP contribution in [0.2, 0.25) is 0 Å². The van der Waals surface area contributed by atoms with E-state index >= 15 is 0 Å². The average molecular weight is 256 g/mol. The number of hydrogen-bond donors (Lipinski definition) is 2. The third-order valence-corrected chi connectivity index (χ3v) is 4.17. The van der Waals surface area contributed by atoms with Gasteiger partial charge in [-0.25, -0.2) is 0 Å². The fourth-order valence-electron chi connectivity index (χ4n) is 2.38. The maximum Gasteiger partial charge on any atom is 0.236 e. The molecular formula is C14H28N2O2. The molecule has 0 aromatic rings. The summed E-state index contributed by atoms with van der Waals surface area (Å²) in [6.45, 7) is 6.54. The second kappa shape index (κ2) is 7.74. The smallest absolute Gasteiger partial charge is 0.236 e. The minimum atomic E-state index is -0.100. The molecule has 0 aliphatic heterocycles. The highest BCUT2D eigenvalue weighted by molar-refractivity contribution is 5.81. The third-order valence-electron chi connectivity index (χ3n) is 4.17. The van der Waals surface area contributed by atoms with E-state index < -0.39 is 0 Å². The van der Waals surface area contributed by atoms with Crippen molar-refractivity contribution < 1.29 is 9.53 Å². The van der Waals surface area contributed by atoms with Gasteiger partial charge in [0.1, 0.15) is 0 Å². The maximum absolute atomic E-state index is 11.8. The van der Waals surface area contributed by atoms with Crippen molar-refractivity contribution in [3.63, 3.8) is 0 Å². The summed E-state index contributed by atoms with van der Waals surface area (Å²) in [6.07, 6.45) is 6.03. The van der Waals surface area contributed by atoms with Crippen molar-refractivity contribution >= 4 is 5.91 Å². The van der Waals surface area contributed by atoms with Crippen LogP contribution in [-0.4, -0.2) is 38.8 Å². The first kappa shape index (κ1) is 15.4. The molecule has 106 valence electrons. The highest BCUT2D eigenvalue weighted by atomic mass is 16.5. The van der Waals surface area contributed by atoms with E-state index in [1.807, 2.05) is 6.92 Å². The van der Waals surface area contributed by atoms with Crippen LogP contribution in [0.3, 0.4) is 0 Å². The van der Waals surface area contributed by atoms with Crippen molar-refractivity contribution in [2.75, 3.05) is 26.8 Å². The average Bonchev–Trinajstić information content (AvgIpc) is 2.33. The molecule has 0 radical (unpaired) electrons. The van der Waals surface area contributed by atoms with E-state index in [1.165, 1.54) is 25.7 Å². The number of carbonyl (C=O) groups is 1. The van der Waals surface area contributed by atoms with Crippen LogP contribution in [-0.2, 0) is 9.53 Å². The molecule has 0 bridgehead atoms. The lowest BCUT2D eigenvalue weighted by Crippen LogP contribution is -2.48. The standard InChI is InChI=1S/C14H28N2O2/c1-4-14(7-5-8-14)11-16-12(2)13(17)15-9-6-10-18-3/h12,16H,4-11H2,1-3H3,(H,15,17). The number of amides is 1. The van der Waals surface area contributed by atoms with Crippen molar-refractivity contribution in [1.82, 2.24) is 10.6 Å². The van der Waals surface area contributed by atoms with Gasteiger partial charge in [0, 0.05) is 26.8 Å². The topological polar surface area (TPSA) is 50.4 Å². The minimum Gasteiger partial charge on any atom is -0.385 e. The predicted molar refractivity (Wildman–Crippen MR) is 73.5 cm³/mol. The highest BCUT2D eigenvalue weighted by Gasteiger charge is 2.35. The molecule has 1 unspecified atom stereocenters. The van der Waals surface area contributed by atoms with Gasteiger partial charge in [-0.05, 0) is 38.0 Å². The van der Waals surface area contributed by atoms with E-state index in [2.05, 4.69) is 17.6 Å². The Bertz CT molecular complexity index is 247. The molecule has 0 aromatic heterocycles.